The van der Waals surface area contributed by atoms with Crippen LogP contribution < -0.4 is 0 Å². The van der Waals surface area contributed by atoms with E-state index in [2.05, 4.69) is 0 Å². The standard InChI is InChI=1S/C5H7NO2.H4OSi/c6-4-2-1-3-5(7)8;1-2/h1-3H2,(H,7,8);1H,2H3. The fourth-order valence-electron chi connectivity index (χ4n) is 0.319. The van der Waals surface area contributed by atoms with Gasteiger partial charge in [0.15, 0.2) is 0 Å². The first-order chi connectivity index (χ1) is 4.77. The van der Waals surface area contributed by atoms with Gasteiger partial charge < -0.3 is 9.90 Å². The minimum Gasteiger partial charge on any atom is -0.481 e. The van der Waals surface area contributed by atoms with Crippen molar-refractivity contribution >= 4 is 16.5 Å². The average Bonchev–Trinajstić information content (AvgIpc) is 1.92. The molecule has 0 radical (unpaired) electrons. The second-order valence-corrected chi connectivity index (χ2v) is 1.41. The van der Waals surface area contributed by atoms with Crippen LogP contribution >= 0.6 is 0 Å². The summed E-state index contributed by atoms with van der Waals surface area (Å²) in [5, 5.41) is 16.0. The molecule has 0 spiro atoms. The molecule has 0 aromatic carbocycles. The van der Waals surface area contributed by atoms with E-state index in [1.807, 2.05) is 6.07 Å². The molecular formula is C5H11NO3Si. The third-order valence-corrected chi connectivity index (χ3v) is 0.679. The van der Waals surface area contributed by atoms with Crippen LogP contribution in [0.3, 0.4) is 0 Å². The van der Waals surface area contributed by atoms with Crippen LogP contribution in [0.4, 0.5) is 0 Å². The summed E-state index contributed by atoms with van der Waals surface area (Å²) in [6.45, 7) is 0. The molecule has 0 aliphatic rings. The number of hydrogen-bond acceptors (Lipinski definition) is 3. The van der Waals surface area contributed by atoms with Gasteiger partial charge >= 0.3 is 5.97 Å². The minimum atomic E-state index is -0.833. The van der Waals surface area contributed by atoms with E-state index in [4.69, 9.17) is 15.2 Å². The van der Waals surface area contributed by atoms with Crippen molar-refractivity contribution in [1.29, 1.82) is 5.26 Å². The van der Waals surface area contributed by atoms with E-state index in [9.17, 15) is 4.79 Å². The Hall–Kier alpha value is -0.863. The van der Waals surface area contributed by atoms with Crippen LogP contribution in [0.15, 0.2) is 0 Å². The van der Waals surface area contributed by atoms with Gasteiger partial charge in [-0.2, -0.15) is 5.26 Å². The molecule has 10 heavy (non-hydrogen) atoms. The minimum absolute atomic E-state index is 0.105. The van der Waals surface area contributed by atoms with E-state index in [0.717, 1.165) is 0 Å². The van der Waals surface area contributed by atoms with Gasteiger partial charge in [0.2, 0.25) is 0 Å². The van der Waals surface area contributed by atoms with E-state index < -0.39 is 5.97 Å². The Morgan fingerprint density at radius 2 is 2.10 bits per heavy atom. The lowest BCUT2D eigenvalue weighted by Crippen LogP contribution is -1.92. The molecule has 58 valence electrons. The normalized spacial score (nSPS) is 7.20. The molecule has 5 heteroatoms. The summed E-state index contributed by atoms with van der Waals surface area (Å²) < 4.78 is 0. The van der Waals surface area contributed by atoms with Gasteiger partial charge in [-0.15, -0.1) is 0 Å². The van der Waals surface area contributed by atoms with Crippen LogP contribution in [0.5, 0.6) is 0 Å². The smallest absolute Gasteiger partial charge is 0.303 e. The van der Waals surface area contributed by atoms with E-state index in [1.165, 1.54) is 0 Å². The highest BCUT2D eigenvalue weighted by Crippen LogP contribution is 1.91. The predicted molar refractivity (Wildman–Crippen MR) is 39.3 cm³/mol. The third-order valence-electron chi connectivity index (χ3n) is 0.679. The highest BCUT2D eigenvalue weighted by atomic mass is 28.2. The molecule has 0 aliphatic carbocycles. The number of nitriles is 1. The zero-order valence-corrected chi connectivity index (χ0v) is 7.87. The van der Waals surface area contributed by atoms with E-state index >= 15 is 0 Å². The molecule has 0 saturated heterocycles. The number of carboxylic acid groups (broad SMARTS) is 1. The summed E-state index contributed by atoms with van der Waals surface area (Å²) in [5.74, 6) is -0.833. The first-order valence-corrected chi connectivity index (χ1v) is 3.70. The highest BCUT2D eigenvalue weighted by Gasteiger charge is 1.92. The topological polar surface area (TPSA) is 81.3 Å². The molecule has 4 nitrogen and oxygen atoms in total. The van der Waals surface area contributed by atoms with Crippen molar-refractivity contribution in [1.82, 2.24) is 0 Å². The Kier molecular flexibility index (Phi) is 13.1. The zero-order valence-electron chi connectivity index (χ0n) is 5.87. The van der Waals surface area contributed by atoms with E-state index in [-0.39, 0.29) is 6.42 Å². The lowest BCUT2D eigenvalue weighted by molar-refractivity contribution is -0.137. The van der Waals surface area contributed by atoms with Crippen LogP contribution in [0.2, 0.25) is 0 Å². The number of carbonyl (C=O) groups is 1. The second kappa shape index (κ2) is 11.0. The molecule has 0 fully saturated rings. The highest BCUT2D eigenvalue weighted by molar-refractivity contribution is 5.95. The van der Waals surface area contributed by atoms with Crippen molar-refractivity contribution in [2.45, 2.75) is 19.3 Å². The summed E-state index contributed by atoms with van der Waals surface area (Å²) in [7, 11) is 0.306. The van der Waals surface area contributed by atoms with Crippen molar-refractivity contribution in [3.05, 3.63) is 0 Å². The second-order valence-electron chi connectivity index (χ2n) is 1.41. The Morgan fingerprint density at radius 3 is 2.40 bits per heavy atom. The van der Waals surface area contributed by atoms with Gasteiger partial charge in [0.1, 0.15) is 10.5 Å². The summed E-state index contributed by atoms with van der Waals surface area (Å²) >= 11 is 0. The number of hydrogen-bond donors (Lipinski definition) is 2. The first kappa shape index (κ1) is 11.9. The van der Waals surface area contributed by atoms with Crippen LogP contribution in [0.25, 0.3) is 0 Å². The van der Waals surface area contributed by atoms with Crippen LogP contribution in [0.1, 0.15) is 19.3 Å². The predicted octanol–water partition coefficient (Wildman–Crippen LogP) is -0.976. The lowest BCUT2D eigenvalue weighted by Gasteiger charge is -1.84. The number of nitrogens with zero attached hydrogens (tertiary/aromatic N) is 1. The molecule has 0 amide bonds. The third kappa shape index (κ3) is 15.7. The maximum Gasteiger partial charge on any atom is 0.303 e. The Balaban J connectivity index is 0. The number of rotatable bonds is 3. The van der Waals surface area contributed by atoms with Gasteiger partial charge in [-0.1, -0.05) is 0 Å². The summed E-state index contributed by atoms with van der Waals surface area (Å²) in [6.07, 6.45) is 0.908. The van der Waals surface area contributed by atoms with Gasteiger partial charge in [0.05, 0.1) is 6.07 Å². The fraction of sp³-hybridized carbons (Fsp3) is 0.600. The van der Waals surface area contributed by atoms with Crippen molar-refractivity contribution in [2.75, 3.05) is 0 Å². The average molecular weight is 161 g/mol. The molecule has 0 heterocycles. The molecule has 0 aliphatic heterocycles. The molecule has 0 rings (SSSR count). The van der Waals surface area contributed by atoms with Crippen molar-refractivity contribution in [2.24, 2.45) is 0 Å². The van der Waals surface area contributed by atoms with Gasteiger partial charge in [-0.3, -0.25) is 4.79 Å². The number of unbranched alkanes of at least 4 members (excludes halogenated alkanes) is 1. The Labute approximate surface area is 62.6 Å². The molecule has 0 aromatic heterocycles. The zero-order chi connectivity index (χ0) is 8.41. The molecule has 0 aromatic rings. The maximum absolute atomic E-state index is 9.76. The Bertz CT molecular complexity index is 121. The monoisotopic (exact) mass is 161 g/mol. The maximum atomic E-state index is 9.76. The van der Waals surface area contributed by atoms with Gasteiger partial charge in [-0.05, 0) is 6.42 Å². The molecular weight excluding hydrogens is 150 g/mol. The first-order valence-electron chi connectivity index (χ1n) is 2.81. The largest absolute Gasteiger partial charge is 0.481 e. The molecule has 0 atom stereocenters. The number of aliphatic carboxylic acids is 1. The van der Waals surface area contributed by atoms with Crippen molar-refractivity contribution in [3.8, 4) is 6.07 Å². The quantitative estimate of drug-likeness (QED) is 0.412. The van der Waals surface area contributed by atoms with Crippen molar-refractivity contribution < 1.29 is 14.7 Å². The SMILES string of the molecule is N#CCCCC(=O)O.O[SiH3]. The summed E-state index contributed by atoms with van der Waals surface area (Å²) in [4.78, 5) is 16.9. The molecule has 0 unspecified atom stereocenters. The van der Waals surface area contributed by atoms with Gasteiger partial charge in [0, 0.05) is 12.8 Å². The van der Waals surface area contributed by atoms with Crippen LogP contribution in [-0.2, 0) is 4.79 Å². The van der Waals surface area contributed by atoms with Crippen molar-refractivity contribution in [3.63, 3.8) is 0 Å². The van der Waals surface area contributed by atoms with Gasteiger partial charge in [-0.25, -0.2) is 0 Å². The summed E-state index contributed by atoms with van der Waals surface area (Å²) in [6, 6.07) is 1.86. The Morgan fingerprint density at radius 1 is 1.60 bits per heavy atom. The van der Waals surface area contributed by atoms with E-state index in [1.54, 1.807) is 0 Å². The van der Waals surface area contributed by atoms with Gasteiger partial charge in [0.25, 0.3) is 0 Å². The molecule has 0 saturated carbocycles. The lowest BCUT2D eigenvalue weighted by atomic mass is 10.2. The molecule has 2 N–H and O–H groups in total. The molecule has 0 bridgehead atoms. The van der Waals surface area contributed by atoms with Crippen LogP contribution in [0, 0.1) is 11.3 Å². The fourth-order valence-corrected chi connectivity index (χ4v) is 0.319. The number of carboxylic acids is 1. The summed E-state index contributed by atoms with van der Waals surface area (Å²) in [5.41, 5.74) is 0. The van der Waals surface area contributed by atoms with E-state index in [0.29, 0.717) is 23.3 Å². The van der Waals surface area contributed by atoms with Crippen LogP contribution in [-0.4, -0.2) is 26.4 Å².